The second-order valence-corrected chi connectivity index (χ2v) is 5.24. The molecule has 0 fully saturated rings. The van der Waals surface area contributed by atoms with Crippen molar-refractivity contribution < 1.29 is 4.39 Å². The highest BCUT2D eigenvalue weighted by atomic mass is 35.5. The van der Waals surface area contributed by atoms with Crippen LogP contribution < -0.4 is 16.7 Å². The number of halogens is 2. The predicted molar refractivity (Wildman–Crippen MR) is 90.4 cm³/mol. The molecule has 1 aliphatic rings. The highest BCUT2D eigenvalue weighted by Gasteiger charge is 2.11. The Kier molecular flexibility index (Phi) is 5.70. The fourth-order valence-electron chi connectivity index (χ4n) is 2.54. The minimum atomic E-state index is -0.298. The van der Waals surface area contributed by atoms with E-state index in [0.29, 0.717) is 17.6 Å². The van der Waals surface area contributed by atoms with E-state index in [1.807, 2.05) is 12.1 Å². The van der Waals surface area contributed by atoms with E-state index < -0.39 is 0 Å². The summed E-state index contributed by atoms with van der Waals surface area (Å²) in [6.07, 6.45) is 5.23. The molecule has 3 rings (SSSR count). The van der Waals surface area contributed by atoms with Crippen molar-refractivity contribution in [2.75, 3.05) is 19.6 Å². The SMILES string of the molecule is Cl.NC/C(=C\F)Cn1nc2cc(C3=CCNCC3)ccn2c1=O. The predicted octanol–water partition coefficient (Wildman–Crippen LogP) is 1.11. The second kappa shape index (κ2) is 7.54. The van der Waals surface area contributed by atoms with Gasteiger partial charge in [0.05, 0.1) is 12.9 Å². The van der Waals surface area contributed by atoms with E-state index in [9.17, 15) is 9.18 Å². The van der Waals surface area contributed by atoms with Crippen molar-refractivity contribution in [3.63, 3.8) is 0 Å². The fraction of sp³-hybridized carbons (Fsp3) is 0.333. The number of aromatic nitrogens is 3. The summed E-state index contributed by atoms with van der Waals surface area (Å²) >= 11 is 0. The smallest absolute Gasteiger partial charge is 0.327 e. The van der Waals surface area contributed by atoms with E-state index in [1.54, 1.807) is 6.20 Å². The maximum Gasteiger partial charge on any atom is 0.350 e. The van der Waals surface area contributed by atoms with Crippen molar-refractivity contribution in [3.8, 4) is 0 Å². The van der Waals surface area contributed by atoms with Crippen molar-refractivity contribution in [1.82, 2.24) is 19.5 Å². The number of nitrogens with two attached hydrogens (primary N) is 1. The maximum atomic E-state index is 12.6. The van der Waals surface area contributed by atoms with Gasteiger partial charge in [-0.05, 0) is 41.8 Å². The molecule has 0 saturated heterocycles. The van der Waals surface area contributed by atoms with Crippen molar-refractivity contribution in [2.45, 2.75) is 13.0 Å². The molecule has 2 aromatic heterocycles. The number of pyridine rings is 1. The molecule has 1 aliphatic heterocycles. The standard InChI is InChI=1S/C15H18FN5O.ClH/c16-8-11(9-17)10-21-15(22)20-6-3-13(7-14(20)19-21)12-1-4-18-5-2-12;/h1,3,6-8,18H,2,4-5,9-10,17H2;1H/b11-8+;. The van der Waals surface area contributed by atoms with E-state index in [4.69, 9.17) is 5.73 Å². The van der Waals surface area contributed by atoms with Crippen LogP contribution in [0.1, 0.15) is 12.0 Å². The zero-order valence-corrected chi connectivity index (χ0v) is 13.4. The summed E-state index contributed by atoms with van der Waals surface area (Å²) < 4.78 is 15.3. The third-order valence-electron chi connectivity index (χ3n) is 3.79. The van der Waals surface area contributed by atoms with Crippen LogP contribution in [-0.2, 0) is 6.54 Å². The van der Waals surface area contributed by atoms with E-state index in [2.05, 4.69) is 16.5 Å². The molecule has 6 nitrogen and oxygen atoms in total. The molecule has 0 spiro atoms. The lowest BCUT2D eigenvalue weighted by Gasteiger charge is -2.13. The summed E-state index contributed by atoms with van der Waals surface area (Å²) in [7, 11) is 0. The Morgan fingerprint density at radius 2 is 2.35 bits per heavy atom. The molecule has 0 aliphatic carbocycles. The van der Waals surface area contributed by atoms with E-state index in [1.165, 1.54) is 14.7 Å². The highest BCUT2D eigenvalue weighted by molar-refractivity contribution is 5.85. The molecular weight excluding hydrogens is 321 g/mol. The quantitative estimate of drug-likeness (QED) is 0.874. The summed E-state index contributed by atoms with van der Waals surface area (Å²) in [6, 6.07) is 3.79. The molecule has 3 N–H and O–H groups in total. The van der Waals surface area contributed by atoms with Gasteiger partial charge < -0.3 is 11.1 Å². The molecule has 3 heterocycles. The van der Waals surface area contributed by atoms with Gasteiger partial charge in [-0.2, -0.15) is 0 Å². The maximum absolute atomic E-state index is 12.6. The average molecular weight is 340 g/mol. The monoisotopic (exact) mass is 339 g/mol. The summed E-state index contributed by atoms with van der Waals surface area (Å²) in [5.74, 6) is 0. The number of nitrogens with one attached hydrogen (secondary N) is 1. The molecule has 0 unspecified atom stereocenters. The number of hydrogen-bond acceptors (Lipinski definition) is 4. The van der Waals surface area contributed by atoms with Gasteiger partial charge in [0.1, 0.15) is 0 Å². The lowest BCUT2D eigenvalue weighted by atomic mass is 10.0. The number of fused-ring (bicyclic) bond motifs is 1. The first-order valence-corrected chi connectivity index (χ1v) is 7.20. The van der Waals surface area contributed by atoms with Gasteiger partial charge in [0.15, 0.2) is 5.65 Å². The number of nitrogens with zero attached hydrogens (tertiary/aromatic N) is 3. The van der Waals surface area contributed by atoms with Gasteiger partial charge in [-0.3, -0.25) is 4.40 Å². The summed E-state index contributed by atoms with van der Waals surface area (Å²) in [6.45, 7) is 1.92. The average Bonchev–Trinajstić information content (AvgIpc) is 2.88. The Hall–Kier alpha value is -1.96. The van der Waals surface area contributed by atoms with Crippen LogP contribution in [0.4, 0.5) is 4.39 Å². The van der Waals surface area contributed by atoms with Crippen LogP contribution in [0.25, 0.3) is 11.2 Å². The molecule has 2 aromatic rings. The molecule has 0 aromatic carbocycles. The van der Waals surface area contributed by atoms with Crippen LogP contribution >= 0.6 is 12.4 Å². The normalized spacial score (nSPS) is 15.4. The Morgan fingerprint density at radius 1 is 1.52 bits per heavy atom. The van der Waals surface area contributed by atoms with Crippen LogP contribution in [0.15, 0.2) is 41.1 Å². The first-order valence-electron chi connectivity index (χ1n) is 7.20. The van der Waals surface area contributed by atoms with Crippen molar-refractivity contribution in [1.29, 1.82) is 0 Å². The highest BCUT2D eigenvalue weighted by Crippen LogP contribution is 2.20. The zero-order valence-electron chi connectivity index (χ0n) is 12.5. The van der Waals surface area contributed by atoms with E-state index in [-0.39, 0.29) is 31.2 Å². The Labute approximate surface area is 138 Å². The number of rotatable bonds is 4. The second-order valence-electron chi connectivity index (χ2n) is 5.24. The van der Waals surface area contributed by atoms with Gasteiger partial charge in [-0.25, -0.2) is 13.9 Å². The van der Waals surface area contributed by atoms with Crippen LogP contribution in [0.5, 0.6) is 0 Å². The molecule has 124 valence electrons. The van der Waals surface area contributed by atoms with Crippen LogP contribution in [0, 0.1) is 0 Å². The lowest BCUT2D eigenvalue weighted by molar-refractivity contribution is 0.616. The zero-order chi connectivity index (χ0) is 15.5. The van der Waals surface area contributed by atoms with Gasteiger partial charge in [0.2, 0.25) is 0 Å². The molecule has 0 amide bonds. The largest absolute Gasteiger partial charge is 0.350 e. The molecule has 0 bridgehead atoms. The Bertz CT molecular complexity index is 808. The minimum absolute atomic E-state index is 0. The van der Waals surface area contributed by atoms with Crippen LogP contribution in [0.2, 0.25) is 0 Å². The van der Waals surface area contributed by atoms with Crippen molar-refractivity contribution in [3.05, 3.63) is 52.4 Å². The third-order valence-corrected chi connectivity index (χ3v) is 3.79. The third kappa shape index (κ3) is 3.52. The van der Waals surface area contributed by atoms with Gasteiger partial charge >= 0.3 is 5.69 Å². The van der Waals surface area contributed by atoms with E-state index in [0.717, 1.165) is 25.1 Å². The molecule has 0 radical (unpaired) electrons. The van der Waals surface area contributed by atoms with Gasteiger partial charge in [-0.1, -0.05) is 6.08 Å². The van der Waals surface area contributed by atoms with Crippen molar-refractivity contribution in [2.24, 2.45) is 5.73 Å². The summed E-state index contributed by atoms with van der Waals surface area (Å²) in [5, 5.41) is 7.53. The minimum Gasteiger partial charge on any atom is -0.327 e. The van der Waals surface area contributed by atoms with Gasteiger partial charge in [-0.15, -0.1) is 17.5 Å². The van der Waals surface area contributed by atoms with Gasteiger partial charge in [0.25, 0.3) is 0 Å². The lowest BCUT2D eigenvalue weighted by Crippen LogP contribution is -2.23. The fourth-order valence-corrected chi connectivity index (χ4v) is 2.54. The number of hydrogen-bond donors (Lipinski definition) is 2. The molecule has 23 heavy (non-hydrogen) atoms. The molecular formula is C15H19ClFN5O. The molecule has 0 atom stereocenters. The Balaban J connectivity index is 0.00000192. The van der Waals surface area contributed by atoms with E-state index >= 15 is 0 Å². The molecule has 8 heteroatoms. The topological polar surface area (TPSA) is 77.3 Å². The Morgan fingerprint density at radius 3 is 3.00 bits per heavy atom. The van der Waals surface area contributed by atoms with Crippen molar-refractivity contribution >= 4 is 23.6 Å². The van der Waals surface area contributed by atoms with Crippen LogP contribution in [-0.4, -0.2) is 33.8 Å². The summed E-state index contributed by atoms with van der Waals surface area (Å²) in [5.41, 5.74) is 8.31. The summed E-state index contributed by atoms with van der Waals surface area (Å²) in [4.78, 5) is 12.2. The first kappa shape index (κ1) is 17.4. The molecule has 0 saturated carbocycles. The van der Waals surface area contributed by atoms with Gasteiger partial charge in [0, 0.05) is 19.3 Å². The van der Waals surface area contributed by atoms with Crippen LogP contribution in [0.3, 0.4) is 0 Å². The first-order chi connectivity index (χ1) is 10.7.